The van der Waals surface area contributed by atoms with Crippen molar-refractivity contribution in [3.8, 4) is 0 Å². The first kappa shape index (κ1) is 26.0. The van der Waals surface area contributed by atoms with Crippen LogP contribution in [0.2, 0.25) is 0 Å². The molecule has 0 unspecified atom stereocenters. The molecule has 1 aromatic heterocycles. The Morgan fingerprint density at radius 1 is 1.03 bits per heavy atom. The van der Waals surface area contributed by atoms with Crippen LogP contribution in [0.3, 0.4) is 0 Å². The van der Waals surface area contributed by atoms with Gasteiger partial charge in [-0.15, -0.1) is 0 Å². The zero-order valence-corrected chi connectivity index (χ0v) is 21.8. The van der Waals surface area contributed by atoms with E-state index in [2.05, 4.69) is 63.7 Å². The molecule has 0 bridgehead atoms. The highest BCUT2D eigenvalue weighted by Gasteiger charge is 2.22. The van der Waals surface area contributed by atoms with E-state index >= 15 is 0 Å². The van der Waals surface area contributed by atoms with E-state index < -0.39 is 0 Å². The molecule has 36 heavy (non-hydrogen) atoms. The van der Waals surface area contributed by atoms with Crippen molar-refractivity contribution < 1.29 is 14.3 Å². The minimum absolute atomic E-state index is 0.0387. The molecule has 1 N–H and O–H groups in total. The summed E-state index contributed by atoms with van der Waals surface area (Å²) in [4.78, 5) is 34.5. The first-order valence-electron chi connectivity index (χ1n) is 12.5. The molecule has 2 heterocycles. The second kappa shape index (κ2) is 12.8. The quantitative estimate of drug-likeness (QED) is 0.390. The number of ether oxygens (including phenoxy) is 1. The number of carbonyl (C=O) groups is 2. The van der Waals surface area contributed by atoms with Crippen molar-refractivity contribution in [2.45, 2.75) is 26.2 Å². The molecule has 4 rings (SSSR count). The Labute approximate surface area is 217 Å². The first-order chi connectivity index (χ1) is 17.5. The van der Waals surface area contributed by atoms with E-state index in [1.54, 1.807) is 6.92 Å². The summed E-state index contributed by atoms with van der Waals surface area (Å²) in [5, 5.41) is 3.41. The molecule has 1 aliphatic rings. The number of aryl methyl sites for hydroxylation is 1. The molecule has 0 atom stereocenters. The molecule has 2 aromatic carbocycles. The molecule has 2 amide bonds. The van der Waals surface area contributed by atoms with E-state index in [1.165, 1.54) is 29.4 Å². The van der Waals surface area contributed by atoms with Gasteiger partial charge in [-0.3, -0.25) is 15.0 Å². The van der Waals surface area contributed by atoms with Crippen molar-refractivity contribution in [1.29, 1.82) is 0 Å². The molecule has 3 aromatic rings. The molecule has 1 saturated heterocycles. The maximum atomic E-state index is 13.4. The topological polar surface area (TPSA) is 74.8 Å². The number of ketones is 1. The molecule has 0 spiro atoms. The predicted octanol–water partition coefficient (Wildman–Crippen LogP) is 5.04. The lowest BCUT2D eigenvalue weighted by atomic mass is 9.88. The van der Waals surface area contributed by atoms with Crippen molar-refractivity contribution in [2.24, 2.45) is 0 Å². The minimum Gasteiger partial charge on any atom is -0.379 e. The summed E-state index contributed by atoms with van der Waals surface area (Å²) < 4.78 is 5.47. The number of thiazole rings is 1. The average Bonchev–Trinajstić information content (AvgIpc) is 3.27. The number of nitrogens with one attached hydrogen (secondary N) is 1. The van der Waals surface area contributed by atoms with Crippen molar-refractivity contribution in [3.05, 3.63) is 82.4 Å². The molecule has 0 aliphatic carbocycles. The lowest BCUT2D eigenvalue weighted by molar-refractivity contribution is 0.0351. The van der Waals surface area contributed by atoms with Gasteiger partial charge >= 0.3 is 6.03 Å². The van der Waals surface area contributed by atoms with Crippen LogP contribution in [0.25, 0.3) is 0 Å². The monoisotopic (exact) mass is 506 g/mol. The number of nitrogens with zero attached hydrogens (tertiary/aromatic N) is 3. The Kier molecular flexibility index (Phi) is 9.22. The van der Waals surface area contributed by atoms with Gasteiger partial charge in [-0.25, -0.2) is 9.78 Å². The van der Waals surface area contributed by atoms with E-state index in [9.17, 15) is 9.59 Å². The van der Waals surface area contributed by atoms with Gasteiger partial charge in [0, 0.05) is 45.6 Å². The zero-order chi connectivity index (χ0) is 25.3. The van der Waals surface area contributed by atoms with Crippen LogP contribution in [0.4, 0.5) is 9.93 Å². The van der Waals surface area contributed by atoms with Gasteiger partial charge in [-0.1, -0.05) is 72.0 Å². The Bertz CT molecular complexity index is 1090. The third kappa shape index (κ3) is 7.00. The summed E-state index contributed by atoms with van der Waals surface area (Å²) in [5.74, 6) is 0.140. The minimum atomic E-state index is -0.188. The summed E-state index contributed by atoms with van der Waals surface area (Å²) >= 11 is 1.23. The predicted molar refractivity (Wildman–Crippen MR) is 144 cm³/mol. The highest BCUT2D eigenvalue weighted by atomic mass is 32.1. The fourth-order valence-corrected chi connectivity index (χ4v) is 5.38. The van der Waals surface area contributed by atoms with Crippen LogP contribution in [0, 0.1) is 6.92 Å². The SMILES string of the molecule is CC(=O)c1sc(NC(=O)N(CCC(c2ccccc2)c2ccccc2)CCN2CCOCC2)nc1C. The van der Waals surface area contributed by atoms with Gasteiger partial charge in [0.15, 0.2) is 10.9 Å². The molecule has 8 heteroatoms. The summed E-state index contributed by atoms with van der Waals surface area (Å²) in [7, 11) is 0. The van der Waals surface area contributed by atoms with Crippen LogP contribution in [0.15, 0.2) is 60.7 Å². The number of hydrogen-bond donors (Lipinski definition) is 1. The van der Waals surface area contributed by atoms with Crippen LogP contribution < -0.4 is 5.32 Å². The van der Waals surface area contributed by atoms with Gasteiger partial charge in [0.25, 0.3) is 0 Å². The third-order valence-corrected chi connectivity index (χ3v) is 7.67. The first-order valence-corrected chi connectivity index (χ1v) is 13.3. The molecule has 1 fully saturated rings. The van der Waals surface area contributed by atoms with Crippen LogP contribution >= 0.6 is 11.3 Å². The highest BCUT2D eigenvalue weighted by Crippen LogP contribution is 2.28. The Morgan fingerprint density at radius 2 is 1.64 bits per heavy atom. The van der Waals surface area contributed by atoms with Crippen LogP contribution in [-0.4, -0.2) is 72.5 Å². The zero-order valence-electron chi connectivity index (χ0n) is 21.0. The number of anilines is 1. The van der Waals surface area contributed by atoms with E-state index in [-0.39, 0.29) is 17.7 Å². The fraction of sp³-hybridized carbons (Fsp3) is 0.393. The molecule has 7 nitrogen and oxygen atoms in total. The molecule has 1 aliphatic heterocycles. The lowest BCUT2D eigenvalue weighted by Gasteiger charge is -2.31. The summed E-state index contributed by atoms with van der Waals surface area (Å²) in [6.45, 7) is 8.50. The normalized spacial score (nSPS) is 14.1. The molecular formula is C28H34N4O3S. The maximum Gasteiger partial charge on any atom is 0.323 e. The van der Waals surface area contributed by atoms with Gasteiger partial charge in [0.05, 0.1) is 23.8 Å². The summed E-state index contributed by atoms with van der Waals surface area (Å²) in [6, 6.07) is 20.7. The van der Waals surface area contributed by atoms with Crippen molar-refractivity contribution in [3.63, 3.8) is 0 Å². The highest BCUT2D eigenvalue weighted by molar-refractivity contribution is 7.17. The molecule has 190 valence electrons. The number of benzene rings is 2. The number of morpholine rings is 1. The number of amides is 2. The second-order valence-electron chi connectivity index (χ2n) is 9.02. The largest absolute Gasteiger partial charge is 0.379 e. The van der Waals surface area contributed by atoms with Gasteiger partial charge in [0.1, 0.15) is 0 Å². The van der Waals surface area contributed by atoms with Crippen molar-refractivity contribution in [2.75, 3.05) is 51.3 Å². The number of rotatable bonds is 10. The van der Waals surface area contributed by atoms with Gasteiger partial charge in [-0.2, -0.15) is 0 Å². The number of carbonyl (C=O) groups excluding carboxylic acids is 2. The standard InChI is InChI=1S/C28H34N4O3S/c1-21-26(22(2)33)36-27(29-21)30-28(34)32(16-15-31-17-19-35-20-18-31)14-13-25(23-9-5-3-6-10-23)24-11-7-4-8-12-24/h3-12,25H,13-20H2,1-2H3,(H,29,30,34). The van der Waals surface area contributed by atoms with Crippen LogP contribution in [0.5, 0.6) is 0 Å². The summed E-state index contributed by atoms with van der Waals surface area (Å²) in [6.07, 6.45) is 0.792. The number of urea groups is 1. The van der Waals surface area contributed by atoms with E-state index in [0.717, 1.165) is 39.3 Å². The summed E-state index contributed by atoms with van der Waals surface area (Å²) in [5.41, 5.74) is 3.12. The smallest absolute Gasteiger partial charge is 0.323 e. The third-order valence-electron chi connectivity index (χ3n) is 6.50. The van der Waals surface area contributed by atoms with E-state index in [4.69, 9.17) is 4.74 Å². The molecular weight excluding hydrogens is 472 g/mol. The average molecular weight is 507 g/mol. The van der Waals surface area contributed by atoms with E-state index in [1.807, 2.05) is 17.0 Å². The Hall–Kier alpha value is -3.07. The van der Waals surface area contributed by atoms with Crippen LogP contribution in [0.1, 0.15) is 45.8 Å². The maximum absolute atomic E-state index is 13.4. The Balaban J connectivity index is 1.50. The second-order valence-corrected chi connectivity index (χ2v) is 10.0. The fourth-order valence-electron chi connectivity index (χ4n) is 4.53. The molecule has 0 saturated carbocycles. The van der Waals surface area contributed by atoms with Crippen molar-refractivity contribution in [1.82, 2.24) is 14.8 Å². The van der Waals surface area contributed by atoms with Gasteiger partial charge in [0.2, 0.25) is 0 Å². The lowest BCUT2D eigenvalue weighted by Crippen LogP contribution is -2.44. The van der Waals surface area contributed by atoms with Gasteiger partial charge in [-0.05, 0) is 24.5 Å². The van der Waals surface area contributed by atoms with E-state index in [0.29, 0.717) is 28.8 Å². The van der Waals surface area contributed by atoms with Crippen molar-refractivity contribution >= 4 is 28.3 Å². The number of hydrogen-bond acceptors (Lipinski definition) is 6. The van der Waals surface area contributed by atoms with Gasteiger partial charge < -0.3 is 9.64 Å². The number of Topliss-reactive ketones (excluding diaryl/α,β-unsaturated/α-hetero) is 1. The Morgan fingerprint density at radius 3 is 2.19 bits per heavy atom. The van der Waals surface area contributed by atoms with Crippen LogP contribution in [-0.2, 0) is 4.74 Å². The number of aromatic nitrogens is 1. The molecule has 0 radical (unpaired) electrons.